The van der Waals surface area contributed by atoms with Crippen LogP contribution in [0.5, 0.6) is 0 Å². The molecule has 2 amide bonds. The van der Waals surface area contributed by atoms with E-state index in [-0.39, 0.29) is 18.2 Å². The van der Waals surface area contributed by atoms with Crippen molar-refractivity contribution in [3.8, 4) is 0 Å². The molecule has 0 bridgehead atoms. The molecule has 3 aromatic carbocycles. The van der Waals surface area contributed by atoms with Crippen LogP contribution in [0.15, 0.2) is 84.0 Å². The van der Waals surface area contributed by atoms with Crippen molar-refractivity contribution in [1.82, 2.24) is 5.43 Å². The van der Waals surface area contributed by atoms with Gasteiger partial charge in [0.15, 0.2) is 0 Å². The van der Waals surface area contributed by atoms with Gasteiger partial charge in [-0.25, -0.2) is 5.43 Å². The lowest BCUT2D eigenvalue weighted by molar-refractivity contribution is -0.121. The average molecular weight is 454 g/mol. The molecule has 5 nitrogen and oxygen atoms in total. The van der Waals surface area contributed by atoms with Crippen molar-refractivity contribution in [2.75, 3.05) is 5.32 Å². The summed E-state index contributed by atoms with van der Waals surface area (Å²) in [4.78, 5) is 25.2. The summed E-state index contributed by atoms with van der Waals surface area (Å²) in [6.45, 7) is 1.67. The van der Waals surface area contributed by atoms with Gasteiger partial charge in [0.05, 0.1) is 23.0 Å². The number of halogens is 2. The number of hydrazone groups is 1. The van der Waals surface area contributed by atoms with E-state index in [2.05, 4.69) is 15.8 Å². The van der Waals surface area contributed by atoms with Gasteiger partial charge in [-0.15, -0.1) is 0 Å². The molecule has 158 valence electrons. The molecule has 0 aliphatic heterocycles. The van der Waals surface area contributed by atoms with E-state index in [1.54, 1.807) is 25.1 Å². The highest BCUT2D eigenvalue weighted by Crippen LogP contribution is 2.26. The van der Waals surface area contributed by atoms with Crippen LogP contribution in [-0.2, 0) is 9.59 Å². The number of rotatable bonds is 7. The van der Waals surface area contributed by atoms with Crippen LogP contribution in [0.1, 0.15) is 30.4 Å². The Morgan fingerprint density at radius 2 is 1.48 bits per heavy atom. The molecule has 0 fully saturated rings. The third-order valence-corrected chi connectivity index (χ3v) is 5.05. The summed E-state index contributed by atoms with van der Waals surface area (Å²) in [5.74, 6) is -1.10. The van der Waals surface area contributed by atoms with Crippen molar-refractivity contribution in [3.05, 3.63) is 100 Å². The molecule has 0 aliphatic carbocycles. The largest absolute Gasteiger partial charge is 0.324 e. The molecule has 0 atom stereocenters. The lowest BCUT2D eigenvalue weighted by Gasteiger charge is -2.16. The highest BCUT2D eigenvalue weighted by Gasteiger charge is 2.22. The highest BCUT2D eigenvalue weighted by atomic mass is 35.5. The fourth-order valence-electron chi connectivity index (χ4n) is 3.06. The van der Waals surface area contributed by atoms with E-state index in [1.807, 2.05) is 60.7 Å². The third kappa shape index (κ3) is 6.41. The highest BCUT2D eigenvalue weighted by molar-refractivity contribution is 6.36. The van der Waals surface area contributed by atoms with E-state index in [0.29, 0.717) is 21.4 Å². The van der Waals surface area contributed by atoms with Gasteiger partial charge in [-0.2, -0.15) is 5.10 Å². The fraction of sp³-hybridized carbons (Fsp3) is 0.125. The average Bonchev–Trinajstić information content (AvgIpc) is 2.76. The molecule has 2 N–H and O–H groups in total. The van der Waals surface area contributed by atoms with Crippen LogP contribution in [0.25, 0.3) is 0 Å². The number of carbonyl (C=O) groups excluding carboxylic acids is 2. The molecule has 0 heterocycles. The van der Waals surface area contributed by atoms with Crippen LogP contribution >= 0.6 is 23.2 Å². The first-order valence-corrected chi connectivity index (χ1v) is 10.4. The monoisotopic (exact) mass is 453 g/mol. The molecular weight excluding hydrogens is 433 g/mol. The number of anilines is 1. The molecule has 0 saturated carbocycles. The second kappa shape index (κ2) is 10.8. The standard InChI is InChI=1S/C24H21Cl2N3O2/c1-16(14-22(30)27-21-13-12-19(25)15-20(21)26)28-29-24(31)23(17-8-4-2-5-9-17)18-10-6-3-7-11-18/h2-13,15,23H,14H2,1H3,(H,27,30)(H,29,31)/b28-16+. The second-order valence-electron chi connectivity index (χ2n) is 6.93. The lowest BCUT2D eigenvalue weighted by atomic mass is 9.91. The molecule has 3 rings (SSSR count). The van der Waals surface area contributed by atoms with Crippen LogP contribution in [0.2, 0.25) is 10.0 Å². The van der Waals surface area contributed by atoms with Crippen molar-refractivity contribution in [3.63, 3.8) is 0 Å². The number of nitrogens with zero attached hydrogens (tertiary/aromatic N) is 1. The first-order valence-electron chi connectivity index (χ1n) is 9.62. The van der Waals surface area contributed by atoms with Gasteiger partial charge in [0.1, 0.15) is 0 Å². The minimum Gasteiger partial charge on any atom is -0.324 e. The zero-order chi connectivity index (χ0) is 22.2. The maximum Gasteiger partial charge on any atom is 0.252 e. The van der Waals surface area contributed by atoms with E-state index in [9.17, 15) is 9.59 Å². The fourth-order valence-corrected chi connectivity index (χ4v) is 3.51. The van der Waals surface area contributed by atoms with Crippen molar-refractivity contribution >= 4 is 46.4 Å². The van der Waals surface area contributed by atoms with Crippen molar-refractivity contribution < 1.29 is 9.59 Å². The quantitative estimate of drug-likeness (QED) is 0.358. The van der Waals surface area contributed by atoms with E-state index < -0.39 is 5.92 Å². The smallest absolute Gasteiger partial charge is 0.252 e. The van der Waals surface area contributed by atoms with Crippen LogP contribution in [-0.4, -0.2) is 17.5 Å². The van der Waals surface area contributed by atoms with Gasteiger partial charge in [0.25, 0.3) is 5.91 Å². The van der Waals surface area contributed by atoms with E-state index in [0.717, 1.165) is 11.1 Å². The van der Waals surface area contributed by atoms with E-state index in [1.165, 1.54) is 0 Å². The Morgan fingerprint density at radius 1 is 0.903 bits per heavy atom. The summed E-state index contributed by atoms with van der Waals surface area (Å²) in [7, 11) is 0. The minimum absolute atomic E-state index is 0.000571. The Balaban J connectivity index is 1.67. The summed E-state index contributed by atoms with van der Waals surface area (Å²) in [6.07, 6.45) is 0.000571. The summed E-state index contributed by atoms with van der Waals surface area (Å²) >= 11 is 11.9. The number of benzene rings is 3. The van der Waals surface area contributed by atoms with E-state index in [4.69, 9.17) is 23.2 Å². The van der Waals surface area contributed by atoms with Gasteiger partial charge in [-0.05, 0) is 36.2 Å². The maximum atomic E-state index is 13.0. The molecule has 0 aliphatic rings. The Morgan fingerprint density at radius 3 is 2.03 bits per heavy atom. The molecule has 3 aromatic rings. The number of nitrogens with one attached hydrogen (secondary N) is 2. The van der Waals surface area contributed by atoms with Crippen molar-refractivity contribution in [1.29, 1.82) is 0 Å². The molecule has 0 spiro atoms. The molecule has 0 saturated heterocycles. The Labute approximate surface area is 191 Å². The van der Waals surface area contributed by atoms with Gasteiger partial charge in [0.2, 0.25) is 5.91 Å². The van der Waals surface area contributed by atoms with E-state index >= 15 is 0 Å². The Hall–Kier alpha value is -3.15. The van der Waals surface area contributed by atoms with Crippen LogP contribution in [0.4, 0.5) is 5.69 Å². The summed E-state index contributed by atoms with van der Waals surface area (Å²) in [5, 5.41) is 7.65. The van der Waals surface area contributed by atoms with Crippen molar-refractivity contribution in [2.24, 2.45) is 5.10 Å². The number of amides is 2. The lowest BCUT2D eigenvalue weighted by Crippen LogP contribution is -2.27. The molecule has 31 heavy (non-hydrogen) atoms. The van der Waals surface area contributed by atoms with Crippen molar-refractivity contribution in [2.45, 2.75) is 19.3 Å². The number of hydrogen-bond acceptors (Lipinski definition) is 3. The van der Waals surface area contributed by atoms with Crippen LogP contribution in [0.3, 0.4) is 0 Å². The third-order valence-electron chi connectivity index (χ3n) is 4.51. The first-order chi connectivity index (χ1) is 14.9. The predicted octanol–water partition coefficient (Wildman–Crippen LogP) is 5.65. The molecule has 0 radical (unpaired) electrons. The van der Waals surface area contributed by atoms with Gasteiger partial charge in [-0.1, -0.05) is 83.9 Å². The second-order valence-corrected chi connectivity index (χ2v) is 7.77. The first kappa shape index (κ1) is 22.5. The molecule has 7 heteroatoms. The molecular formula is C24H21Cl2N3O2. The normalized spacial score (nSPS) is 11.3. The van der Waals surface area contributed by atoms with Crippen LogP contribution in [0, 0.1) is 0 Å². The van der Waals surface area contributed by atoms with Gasteiger partial charge in [0, 0.05) is 10.7 Å². The van der Waals surface area contributed by atoms with Crippen LogP contribution < -0.4 is 10.7 Å². The van der Waals surface area contributed by atoms with Gasteiger partial charge >= 0.3 is 0 Å². The summed E-state index contributed by atoms with van der Waals surface area (Å²) < 4.78 is 0. The number of hydrogen-bond donors (Lipinski definition) is 2. The SMILES string of the molecule is C/C(CC(=O)Nc1ccc(Cl)cc1Cl)=N\NC(=O)C(c1ccccc1)c1ccccc1. The number of carbonyl (C=O) groups is 2. The van der Waals surface area contributed by atoms with Gasteiger partial charge in [-0.3, -0.25) is 9.59 Å². The zero-order valence-electron chi connectivity index (χ0n) is 16.8. The topological polar surface area (TPSA) is 70.6 Å². The molecule has 0 aromatic heterocycles. The molecule has 0 unspecified atom stereocenters. The Kier molecular flexibility index (Phi) is 7.82. The Bertz CT molecular complexity index is 1050. The minimum atomic E-state index is -0.513. The summed E-state index contributed by atoms with van der Waals surface area (Å²) in [6, 6.07) is 23.8. The predicted molar refractivity (Wildman–Crippen MR) is 126 cm³/mol. The summed E-state index contributed by atoms with van der Waals surface area (Å²) in [5.41, 5.74) is 5.22. The zero-order valence-corrected chi connectivity index (χ0v) is 18.3. The maximum absolute atomic E-state index is 13.0. The van der Waals surface area contributed by atoms with Gasteiger partial charge < -0.3 is 5.32 Å².